The number of furan rings is 1. The summed E-state index contributed by atoms with van der Waals surface area (Å²) in [7, 11) is 0. The van der Waals surface area contributed by atoms with Gasteiger partial charge in [-0.1, -0.05) is 13.0 Å². The normalized spacial score (nSPS) is 10.8. The van der Waals surface area contributed by atoms with Crippen molar-refractivity contribution < 1.29 is 18.7 Å². The zero-order chi connectivity index (χ0) is 21.7. The summed E-state index contributed by atoms with van der Waals surface area (Å²) in [6.45, 7) is 8.61. The number of rotatable bonds is 8. The lowest BCUT2D eigenvalue weighted by molar-refractivity contribution is -0.143. The van der Waals surface area contributed by atoms with E-state index in [1.165, 1.54) is 0 Å². The Morgan fingerprint density at radius 3 is 2.60 bits per heavy atom. The number of hydrogen-bond donors (Lipinski definition) is 0. The van der Waals surface area contributed by atoms with E-state index in [1.54, 1.807) is 0 Å². The minimum absolute atomic E-state index is 0.179. The van der Waals surface area contributed by atoms with Gasteiger partial charge in [-0.15, -0.1) is 0 Å². The first-order valence-corrected chi connectivity index (χ1v) is 10.3. The molecule has 5 nitrogen and oxygen atoms in total. The van der Waals surface area contributed by atoms with Crippen LogP contribution in [0.5, 0.6) is 5.75 Å². The smallest absolute Gasteiger partial charge is 0.306 e. The molecule has 2 aromatic carbocycles. The van der Waals surface area contributed by atoms with Crippen molar-refractivity contribution >= 4 is 16.9 Å². The van der Waals surface area contributed by atoms with Crippen LogP contribution >= 0.6 is 0 Å². The Balaban J connectivity index is 1.79. The highest BCUT2D eigenvalue weighted by Gasteiger charge is 2.13. The minimum atomic E-state index is -0.179. The predicted octanol–water partition coefficient (Wildman–Crippen LogP) is 5.56. The van der Waals surface area contributed by atoms with Gasteiger partial charge in [0.25, 0.3) is 0 Å². The highest BCUT2D eigenvalue weighted by molar-refractivity contribution is 5.83. The van der Waals surface area contributed by atoms with Crippen LogP contribution in [0.3, 0.4) is 0 Å². The van der Waals surface area contributed by atoms with Crippen LogP contribution in [0.25, 0.3) is 11.0 Å². The van der Waals surface area contributed by atoms with Crippen LogP contribution < -0.4 is 4.74 Å². The monoisotopic (exact) mass is 405 g/mol. The Labute approximate surface area is 177 Å². The van der Waals surface area contributed by atoms with Crippen molar-refractivity contribution in [2.24, 2.45) is 0 Å². The maximum absolute atomic E-state index is 11.6. The second-order valence-electron chi connectivity index (χ2n) is 7.30. The number of carbonyl (C=O) groups excluding carboxylic acids is 1. The van der Waals surface area contributed by atoms with E-state index in [1.807, 2.05) is 58.0 Å². The summed E-state index contributed by atoms with van der Waals surface area (Å²) < 4.78 is 17.1. The van der Waals surface area contributed by atoms with Crippen LogP contribution in [0.4, 0.5) is 0 Å². The molecule has 0 amide bonds. The maximum atomic E-state index is 11.6. The van der Waals surface area contributed by atoms with E-state index in [-0.39, 0.29) is 5.97 Å². The maximum Gasteiger partial charge on any atom is 0.306 e. The molecule has 0 saturated carbocycles. The van der Waals surface area contributed by atoms with E-state index in [2.05, 4.69) is 6.07 Å². The molecular weight excluding hydrogens is 378 g/mol. The van der Waals surface area contributed by atoms with Crippen molar-refractivity contribution in [1.82, 2.24) is 0 Å². The van der Waals surface area contributed by atoms with E-state index in [4.69, 9.17) is 13.9 Å². The molecule has 3 aromatic rings. The van der Waals surface area contributed by atoms with Crippen LogP contribution in [0, 0.1) is 25.2 Å². The molecule has 3 rings (SSSR count). The Hall–Kier alpha value is -3.26. The summed E-state index contributed by atoms with van der Waals surface area (Å²) in [6, 6.07) is 11.8. The molecule has 156 valence electrons. The van der Waals surface area contributed by atoms with Crippen molar-refractivity contribution in [1.29, 1.82) is 5.26 Å². The minimum Gasteiger partial charge on any atom is -0.488 e. The van der Waals surface area contributed by atoms with Crippen molar-refractivity contribution in [2.45, 2.75) is 53.6 Å². The first-order valence-electron chi connectivity index (χ1n) is 10.3. The Morgan fingerprint density at radius 1 is 1.10 bits per heavy atom. The number of carbonyl (C=O) groups is 1. The summed E-state index contributed by atoms with van der Waals surface area (Å²) in [5.41, 5.74) is 5.47. The topological polar surface area (TPSA) is 72.5 Å². The average molecular weight is 405 g/mol. The SMILES string of the molecule is CCOC(=O)CCc1ccc(OCc2cc(C#N)cc3cc(CC)oc23)c(C)c1C. The number of benzene rings is 2. The first kappa shape index (κ1) is 21.4. The molecule has 0 aliphatic rings. The Morgan fingerprint density at radius 2 is 1.90 bits per heavy atom. The largest absolute Gasteiger partial charge is 0.488 e. The van der Waals surface area contributed by atoms with Gasteiger partial charge in [-0.25, -0.2) is 0 Å². The van der Waals surface area contributed by atoms with Gasteiger partial charge in [-0.3, -0.25) is 4.79 Å². The van der Waals surface area contributed by atoms with Gasteiger partial charge in [0.05, 0.1) is 18.2 Å². The Kier molecular flexibility index (Phi) is 6.79. The van der Waals surface area contributed by atoms with Gasteiger partial charge in [0.1, 0.15) is 23.7 Å². The number of nitriles is 1. The third-order valence-corrected chi connectivity index (χ3v) is 5.36. The quantitative estimate of drug-likeness (QED) is 0.459. The highest BCUT2D eigenvalue weighted by Crippen LogP contribution is 2.29. The highest BCUT2D eigenvalue weighted by atomic mass is 16.5. The predicted molar refractivity (Wildman–Crippen MR) is 116 cm³/mol. The molecular formula is C25H27NO4. The van der Waals surface area contributed by atoms with Gasteiger partial charge in [0.15, 0.2) is 0 Å². The second-order valence-corrected chi connectivity index (χ2v) is 7.30. The van der Waals surface area contributed by atoms with E-state index >= 15 is 0 Å². The van der Waals surface area contributed by atoms with Gasteiger partial charge >= 0.3 is 5.97 Å². The molecule has 0 saturated heterocycles. The van der Waals surface area contributed by atoms with Crippen molar-refractivity contribution in [3.8, 4) is 11.8 Å². The van der Waals surface area contributed by atoms with Crippen LogP contribution in [0.15, 0.2) is 34.7 Å². The van der Waals surface area contributed by atoms with Crippen molar-refractivity contribution in [3.05, 3.63) is 63.9 Å². The molecule has 0 spiro atoms. The van der Waals surface area contributed by atoms with Gasteiger partial charge in [0.2, 0.25) is 0 Å². The molecule has 0 bridgehead atoms. The summed E-state index contributed by atoms with van der Waals surface area (Å²) in [5, 5.41) is 10.3. The molecule has 1 heterocycles. The number of nitrogens with zero attached hydrogens (tertiary/aromatic N) is 1. The zero-order valence-electron chi connectivity index (χ0n) is 18.0. The lowest BCUT2D eigenvalue weighted by atomic mass is 9.99. The molecule has 0 atom stereocenters. The molecule has 0 aliphatic heterocycles. The standard InChI is InChI=1S/C25H27NO4/c1-5-22-13-20-11-18(14-26)12-21(25(20)30-22)15-29-23-9-7-19(16(3)17(23)4)8-10-24(27)28-6-2/h7,9,11-13H,5-6,8,10,15H2,1-4H3. The fourth-order valence-electron chi connectivity index (χ4n) is 3.53. The second kappa shape index (κ2) is 9.49. The fourth-order valence-corrected chi connectivity index (χ4v) is 3.53. The first-order chi connectivity index (χ1) is 14.5. The molecule has 0 aliphatic carbocycles. The van der Waals surface area contributed by atoms with Gasteiger partial charge in [0, 0.05) is 23.8 Å². The molecule has 0 radical (unpaired) electrons. The summed E-state index contributed by atoms with van der Waals surface area (Å²) in [5.74, 6) is 1.49. The number of hydrogen-bond acceptors (Lipinski definition) is 5. The molecule has 5 heteroatoms. The molecule has 1 aromatic heterocycles. The van der Waals surface area contributed by atoms with Crippen LogP contribution in [-0.2, 0) is 29.0 Å². The summed E-state index contributed by atoms with van der Waals surface area (Å²) in [6.07, 6.45) is 1.80. The average Bonchev–Trinajstić information content (AvgIpc) is 3.17. The number of ether oxygens (including phenoxy) is 2. The van der Waals surface area contributed by atoms with Gasteiger partial charge in [-0.05, 0) is 68.1 Å². The van der Waals surface area contributed by atoms with E-state index in [9.17, 15) is 10.1 Å². The summed E-state index contributed by atoms with van der Waals surface area (Å²) in [4.78, 5) is 11.6. The number of fused-ring (bicyclic) bond motifs is 1. The van der Waals surface area contributed by atoms with E-state index in [0.717, 1.165) is 51.2 Å². The molecule has 0 N–H and O–H groups in total. The summed E-state index contributed by atoms with van der Waals surface area (Å²) >= 11 is 0. The van der Waals surface area contributed by atoms with Crippen molar-refractivity contribution in [2.75, 3.05) is 6.61 Å². The van der Waals surface area contributed by atoms with E-state index < -0.39 is 0 Å². The van der Waals surface area contributed by atoms with E-state index in [0.29, 0.717) is 31.6 Å². The molecule has 30 heavy (non-hydrogen) atoms. The zero-order valence-corrected chi connectivity index (χ0v) is 18.0. The lowest BCUT2D eigenvalue weighted by Crippen LogP contribution is -2.06. The third-order valence-electron chi connectivity index (χ3n) is 5.36. The number of aryl methyl sites for hydroxylation is 2. The van der Waals surface area contributed by atoms with Crippen LogP contribution in [-0.4, -0.2) is 12.6 Å². The Bertz CT molecular complexity index is 1100. The fraction of sp³-hybridized carbons (Fsp3) is 0.360. The lowest BCUT2D eigenvalue weighted by Gasteiger charge is -2.15. The third kappa shape index (κ3) is 4.65. The van der Waals surface area contributed by atoms with Crippen LogP contribution in [0.1, 0.15) is 53.8 Å². The van der Waals surface area contributed by atoms with Crippen LogP contribution in [0.2, 0.25) is 0 Å². The van der Waals surface area contributed by atoms with Gasteiger partial charge in [-0.2, -0.15) is 5.26 Å². The molecule has 0 unspecified atom stereocenters. The van der Waals surface area contributed by atoms with Gasteiger partial charge < -0.3 is 13.9 Å². The van der Waals surface area contributed by atoms with Crippen molar-refractivity contribution in [3.63, 3.8) is 0 Å². The molecule has 0 fully saturated rings. The number of esters is 1.